The van der Waals surface area contributed by atoms with E-state index >= 15 is 0 Å². The average Bonchev–Trinajstić information content (AvgIpc) is 2.97. The molecule has 0 atom stereocenters. The summed E-state index contributed by atoms with van der Waals surface area (Å²) in [5.74, 6) is -2.40. The second-order valence-corrected chi connectivity index (χ2v) is 7.59. The Morgan fingerprint density at radius 3 is 1.97 bits per heavy atom. The second kappa shape index (κ2) is 7.96. The molecule has 3 aromatic carbocycles. The Balaban J connectivity index is 1.73. The number of hydrogen-bond donors (Lipinski definition) is 1. The van der Waals surface area contributed by atoms with Crippen LogP contribution >= 0.6 is 23.2 Å². The zero-order valence-electron chi connectivity index (χ0n) is 15.8. The van der Waals surface area contributed by atoms with Gasteiger partial charge in [-0.2, -0.15) is 13.2 Å². The van der Waals surface area contributed by atoms with Gasteiger partial charge >= 0.3 is 6.18 Å². The van der Waals surface area contributed by atoms with E-state index in [0.29, 0.717) is 0 Å². The SMILES string of the molecule is O=C(Nc1ccccc1C(F)(F)F)c1ccccc1N1C(=O)c2cc(Cl)c(Cl)cc2C1=O. The van der Waals surface area contributed by atoms with Gasteiger partial charge in [-0.15, -0.1) is 0 Å². The lowest BCUT2D eigenvalue weighted by molar-refractivity contribution is -0.136. The molecule has 0 spiro atoms. The van der Waals surface area contributed by atoms with Crippen LogP contribution in [0.5, 0.6) is 0 Å². The summed E-state index contributed by atoms with van der Waals surface area (Å²) >= 11 is 11.9. The molecule has 1 N–H and O–H groups in total. The van der Waals surface area contributed by atoms with Crippen LogP contribution in [0.3, 0.4) is 0 Å². The van der Waals surface area contributed by atoms with Crippen LogP contribution in [0.25, 0.3) is 0 Å². The molecular formula is C22H11Cl2F3N2O3. The van der Waals surface area contributed by atoms with E-state index in [0.717, 1.165) is 17.0 Å². The molecule has 0 fully saturated rings. The van der Waals surface area contributed by atoms with Crippen molar-refractivity contribution in [1.29, 1.82) is 0 Å². The van der Waals surface area contributed by atoms with E-state index in [1.807, 2.05) is 0 Å². The van der Waals surface area contributed by atoms with Gasteiger partial charge in [-0.25, -0.2) is 4.90 Å². The van der Waals surface area contributed by atoms with E-state index in [1.165, 1.54) is 48.5 Å². The van der Waals surface area contributed by atoms with Crippen LogP contribution in [0.1, 0.15) is 36.6 Å². The van der Waals surface area contributed by atoms with Gasteiger partial charge in [0.1, 0.15) is 0 Å². The van der Waals surface area contributed by atoms with E-state index in [4.69, 9.17) is 23.2 Å². The summed E-state index contributed by atoms with van der Waals surface area (Å²) in [5.41, 5.74) is -1.75. The minimum atomic E-state index is -4.69. The highest BCUT2D eigenvalue weighted by molar-refractivity contribution is 6.44. The topological polar surface area (TPSA) is 66.5 Å². The van der Waals surface area contributed by atoms with Crippen molar-refractivity contribution in [2.24, 2.45) is 0 Å². The van der Waals surface area contributed by atoms with E-state index in [1.54, 1.807) is 0 Å². The van der Waals surface area contributed by atoms with Crippen LogP contribution in [0.15, 0.2) is 60.7 Å². The Labute approximate surface area is 189 Å². The lowest BCUT2D eigenvalue weighted by atomic mass is 10.1. The molecule has 0 bridgehead atoms. The van der Waals surface area contributed by atoms with Gasteiger partial charge in [0.05, 0.1) is 43.7 Å². The molecule has 3 aromatic rings. The lowest BCUT2D eigenvalue weighted by Gasteiger charge is -2.19. The number of anilines is 2. The van der Waals surface area contributed by atoms with E-state index in [-0.39, 0.29) is 32.4 Å². The quantitative estimate of drug-likeness (QED) is 0.464. The second-order valence-electron chi connectivity index (χ2n) is 6.77. The first kappa shape index (κ1) is 21.9. The number of rotatable bonds is 3. The summed E-state index contributed by atoms with van der Waals surface area (Å²) in [5, 5.41) is 2.36. The molecule has 1 aliphatic rings. The van der Waals surface area contributed by atoms with Gasteiger partial charge in [-0.1, -0.05) is 47.5 Å². The highest BCUT2D eigenvalue weighted by Crippen LogP contribution is 2.37. The Morgan fingerprint density at radius 2 is 1.38 bits per heavy atom. The maximum Gasteiger partial charge on any atom is 0.418 e. The van der Waals surface area contributed by atoms with E-state index < -0.39 is 35.1 Å². The van der Waals surface area contributed by atoms with Crippen LogP contribution in [0, 0.1) is 0 Å². The van der Waals surface area contributed by atoms with Crippen molar-refractivity contribution in [3.8, 4) is 0 Å². The number of benzene rings is 3. The van der Waals surface area contributed by atoms with Crippen molar-refractivity contribution in [3.63, 3.8) is 0 Å². The Bertz CT molecular complexity index is 1250. The van der Waals surface area contributed by atoms with Crippen molar-refractivity contribution in [1.82, 2.24) is 0 Å². The van der Waals surface area contributed by atoms with Gasteiger partial charge in [0, 0.05) is 0 Å². The van der Waals surface area contributed by atoms with Crippen LogP contribution in [0.4, 0.5) is 24.5 Å². The minimum Gasteiger partial charge on any atom is -0.321 e. The first-order valence-electron chi connectivity index (χ1n) is 9.04. The normalized spacial score (nSPS) is 13.3. The third-order valence-electron chi connectivity index (χ3n) is 4.80. The number of carbonyl (C=O) groups is 3. The summed E-state index contributed by atoms with van der Waals surface area (Å²) in [6.45, 7) is 0. The van der Waals surface area contributed by atoms with Gasteiger partial charge in [0.25, 0.3) is 17.7 Å². The fourth-order valence-electron chi connectivity index (χ4n) is 3.34. The number of alkyl halides is 3. The predicted octanol–water partition coefficient (Wildman–Crippen LogP) is 6.07. The van der Waals surface area contributed by atoms with Crippen LogP contribution in [0.2, 0.25) is 10.0 Å². The molecule has 10 heteroatoms. The highest BCUT2D eigenvalue weighted by atomic mass is 35.5. The Hall–Kier alpha value is -3.36. The van der Waals surface area contributed by atoms with Crippen molar-refractivity contribution in [2.45, 2.75) is 6.18 Å². The molecule has 5 nitrogen and oxygen atoms in total. The fraction of sp³-hybridized carbons (Fsp3) is 0.0455. The smallest absolute Gasteiger partial charge is 0.321 e. The molecule has 0 radical (unpaired) electrons. The highest BCUT2D eigenvalue weighted by Gasteiger charge is 2.39. The first-order chi connectivity index (χ1) is 15.1. The summed E-state index contributed by atoms with van der Waals surface area (Å²) in [6, 6.07) is 12.6. The van der Waals surface area contributed by atoms with Crippen molar-refractivity contribution >= 4 is 52.3 Å². The number of para-hydroxylation sites is 2. The molecule has 0 aliphatic carbocycles. The summed E-state index contributed by atoms with van der Waals surface area (Å²) in [6.07, 6.45) is -4.69. The number of hydrogen-bond acceptors (Lipinski definition) is 3. The van der Waals surface area contributed by atoms with Crippen LogP contribution in [-0.2, 0) is 6.18 Å². The number of nitrogens with one attached hydrogen (secondary N) is 1. The summed E-state index contributed by atoms with van der Waals surface area (Å²) in [4.78, 5) is 39.5. The van der Waals surface area contributed by atoms with Gasteiger partial charge in [-0.3, -0.25) is 14.4 Å². The molecule has 1 aliphatic heterocycles. The number of nitrogens with zero attached hydrogens (tertiary/aromatic N) is 1. The maximum atomic E-state index is 13.3. The summed E-state index contributed by atoms with van der Waals surface area (Å²) < 4.78 is 39.8. The number of imide groups is 1. The molecular weight excluding hydrogens is 468 g/mol. The molecule has 3 amide bonds. The Morgan fingerprint density at radius 1 is 0.844 bits per heavy atom. The van der Waals surface area contributed by atoms with E-state index in [9.17, 15) is 27.6 Å². The van der Waals surface area contributed by atoms with Crippen LogP contribution < -0.4 is 10.2 Å². The molecule has 32 heavy (non-hydrogen) atoms. The average molecular weight is 479 g/mol. The van der Waals surface area contributed by atoms with Crippen molar-refractivity contribution in [3.05, 3.63) is 93.0 Å². The van der Waals surface area contributed by atoms with Gasteiger partial charge in [-0.05, 0) is 36.4 Å². The van der Waals surface area contributed by atoms with Gasteiger partial charge < -0.3 is 5.32 Å². The maximum absolute atomic E-state index is 13.3. The van der Waals surface area contributed by atoms with Crippen molar-refractivity contribution < 1.29 is 27.6 Å². The number of carbonyl (C=O) groups excluding carboxylic acids is 3. The van der Waals surface area contributed by atoms with Crippen LogP contribution in [-0.4, -0.2) is 17.7 Å². The third-order valence-corrected chi connectivity index (χ3v) is 5.52. The molecule has 162 valence electrons. The molecule has 1 heterocycles. The molecule has 0 aromatic heterocycles. The largest absolute Gasteiger partial charge is 0.418 e. The monoisotopic (exact) mass is 478 g/mol. The lowest BCUT2D eigenvalue weighted by Crippen LogP contribution is -2.31. The zero-order chi connectivity index (χ0) is 23.2. The summed E-state index contributed by atoms with van der Waals surface area (Å²) in [7, 11) is 0. The van der Waals surface area contributed by atoms with E-state index in [2.05, 4.69) is 5.32 Å². The standard InChI is InChI=1S/C22H11Cl2F3N2O3/c23-15-9-12-13(10-16(15)24)21(32)29(20(12)31)18-8-4-1-5-11(18)19(30)28-17-7-3-2-6-14(17)22(25,26)27/h1-10H,(H,28,30). The molecule has 0 unspecified atom stereocenters. The number of fused-ring (bicyclic) bond motifs is 1. The third kappa shape index (κ3) is 3.72. The zero-order valence-corrected chi connectivity index (χ0v) is 17.3. The van der Waals surface area contributed by atoms with Crippen molar-refractivity contribution in [2.75, 3.05) is 10.2 Å². The first-order valence-corrected chi connectivity index (χ1v) is 9.79. The number of halogens is 5. The number of amides is 3. The van der Waals surface area contributed by atoms with Gasteiger partial charge in [0.2, 0.25) is 0 Å². The Kier molecular flexibility index (Phi) is 5.44. The molecule has 4 rings (SSSR count). The molecule has 0 saturated heterocycles. The minimum absolute atomic E-state index is 0.00188. The van der Waals surface area contributed by atoms with Gasteiger partial charge in [0.15, 0.2) is 0 Å². The predicted molar refractivity (Wildman–Crippen MR) is 113 cm³/mol. The molecule has 0 saturated carbocycles. The fourth-order valence-corrected chi connectivity index (χ4v) is 3.67.